The van der Waals surface area contributed by atoms with E-state index in [1.807, 2.05) is 24.5 Å². The molecule has 0 aliphatic heterocycles. The zero-order chi connectivity index (χ0) is 25.1. The largest absolute Gasteiger partial charge is 0.353 e. The molecule has 0 saturated heterocycles. The fourth-order valence-electron chi connectivity index (χ4n) is 5.04. The lowest BCUT2D eigenvalue weighted by Crippen LogP contribution is -2.21. The Balaban J connectivity index is 0.000000130. The Morgan fingerprint density at radius 2 is 1.33 bits per heavy atom. The number of hydrogen-bond donors (Lipinski definition) is 3. The van der Waals surface area contributed by atoms with E-state index in [4.69, 9.17) is 0 Å². The van der Waals surface area contributed by atoms with Crippen LogP contribution in [0.5, 0.6) is 0 Å². The van der Waals surface area contributed by atoms with Gasteiger partial charge in [0.2, 0.25) is 0 Å². The molecule has 5 N–H and O–H groups in total. The van der Waals surface area contributed by atoms with E-state index in [0.29, 0.717) is 0 Å². The molecule has 2 aromatic heterocycles. The number of pyridine rings is 1. The minimum Gasteiger partial charge on any atom is -0.353 e. The van der Waals surface area contributed by atoms with Crippen molar-refractivity contribution in [2.75, 3.05) is 0 Å². The average Bonchev–Trinajstić information content (AvgIpc) is 3.26. The second kappa shape index (κ2) is 10.1. The molecule has 0 spiro atoms. The van der Waals surface area contributed by atoms with Crippen LogP contribution in [0.2, 0.25) is 0 Å². The first-order valence-corrected chi connectivity index (χ1v) is 13.5. The number of nitrogens with zero attached hydrogens (tertiary/aromatic N) is 1. The summed E-state index contributed by atoms with van der Waals surface area (Å²) in [4.78, 5) is 7.39. The summed E-state index contributed by atoms with van der Waals surface area (Å²) in [5.41, 5.74) is 5.45. The maximum absolute atomic E-state index is 9.19. The molecule has 7 heteroatoms. The van der Waals surface area contributed by atoms with Gasteiger partial charge in [-0.15, -0.1) is 0 Å². The zero-order valence-corrected chi connectivity index (χ0v) is 20.6. The number of H-pyrrole nitrogens is 1. The second-order valence-corrected chi connectivity index (χ2v) is 10.2. The molecule has 0 fully saturated rings. The Kier molecular flexibility index (Phi) is 6.69. The number of nitrogens with one attached hydrogen (secondary N) is 1. The van der Waals surface area contributed by atoms with Crippen LogP contribution in [0.25, 0.3) is 43.4 Å². The van der Waals surface area contributed by atoms with Crippen molar-refractivity contribution in [3.05, 3.63) is 102 Å². The molecular formula is C29H28N4O2S. The molecule has 182 valence electrons. The molecule has 0 atom stereocenters. The Bertz CT molecular complexity index is 1730. The van der Waals surface area contributed by atoms with Gasteiger partial charge >= 0.3 is 0 Å². The third-order valence-electron chi connectivity index (χ3n) is 6.57. The Morgan fingerprint density at radius 3 is 2.17 bits per heavy atom. The highest BCUT2D eigenvalue weighted by Gasteiger charge is 2.13. The van der Waals surface area contributed by atoms with Gasteiger partial charge in [0.15, 0.2) is 0 Å². The number of para-hydroxylation sites is 1. The SMILES string of the molecule is NS(N)(=O)=O.c1ccc2c(c1)[nH]c1cnccc12.c1ccc2c(c1)ccc1c3c(ccc12)CCCC3. The van der Waals surface area contributed by atoms with Crippen molar-refractivity contribution in [2.45, 2.75) is 25.7 Å². The molecule has 0 radical (unpaired) electrons. The van der Waals surface area contributed by atoms with Crippen molar-refractivity contribution in [1.82, 2.24) is 9.97 Å². The van der Waals surface area contributed by atoms with Crippen LogP contribution >= 0.6 is 0 Å². The summed E-state index contributed by atoms with van der Waals surface area (Å²) < 4.78 is 18.4. The lowest BCUT2D eigenvalue weighted by atomic mass is 9.86. The maximum atomic E-state index is 9.19. The van der Waals surface area contributed by atoms with Gasteiger partial charge < -0.3 is 4.98 Å². The minimum absolute atomic E-state index is 1.10. The van der Waals surface area contributed by atoms with Crippen LogP contribution in [0.4, 0.5) is 0 Å². The van der Waals surface area contributed by atoms with Gasteiger partial charge in [-0.3, -0.25) is 4.98 Å². The number of aryl methyl sites for hydroxylation is 2. The molecule has 1 aliphatic rings. The number of rotatable bonds is 0. The monoisotopic (exact) mass is 496 g/mol. The van der Waals surface area contributed by atoms with Gasteiger partial charge in [0.05, 0.1) is 11.7 Å². The molecule has 0 saturated carbocycles. The average molecular weight is 497 g/mol. The van der Waals surface area contributed by atoms with Crippen molar-refractivity contribution in [3.8, 4) is 0 Å². The number of fused-ring (bicyclic) bond motifs is 8. The summed E-state index contributed by atoms with van der Waals surface area (Å²) in [5.74, 6) is 0. The molecule has 0 bridgehead atoms. The smallest absolute Gasteiger partial charge is 0.271 e. The van der Waals surface area contributed by atoms with Gasteiger partial charge in [0.25, 0.3) is 10.2 Å². The Hall–Kier alpha value is -3.78. The van der Waals surface area contributed by atoms with Crippen LogP contribution in [0.1, 0.15) is 24.0 Å². The van der Waals surface area contributed by atoms with Gasteiger partial charge in [0, 0.05) is 22.5 Å². The number of hydrogen-bond acceptors (Lipinski definition) is 3. The van der Waals surface area contributed by atoms with E-state index in [2.05, 4.69) is 87.0 Å². The fraction of sp³-hybridized carbons (Fsp3) is 0.138. The summed E-state index contributed by atoms with van der Waals surface area (Å²) in [6.45, 7) is 0. The van der Waals surface area contributed by atoms with Gasteiger partial charge in [-0.2, -0.15) is 8.42 Å². The topological polar surface area (TPSA) is 115 Å². The van der Waals surface area contributed by atoms with E-state index in [9.17, 15) is 8.42 Å². The van der Waals surface area contributed by atoms with Crippen LogP contribution in [-0.4, -0.2) is 18.4 Å². The number of aromatic amines is 1. The summed E-state index contributed by atoms with van der Waals surface area (Å²) in [7, 11) is -3.67. The first-order valence-electron chi connectivity index (χ1n) is 11.9. The molecule has 36 heavy (non-hydrogen) atoms. The fourth-order valence-corrected chi connectivity index (χ4v) is 5.04. The third kappa shape index (κ3) is 5.23. The highest BCUT2D eigenvalue weighted by atomic mass is 32.2. The highest BCUT2D eigenvalue weighted by Crippen LogP contribution is 2.33. The number of nitrogens with two attached hydrogens (primary N) is 2. The summed E-state index contributed by atoms with van der Waals surface area (Å²) in [6, 6.07) is 28.3. The first kappa shape index (κ1) is 23.9. The van der Waals surface area contributed by atoms with Crippen molar-refractivity contribution in [3.63, 3.8) is 0 Å². The van der Waals surface area contributed by atoms with Crippen LogP contribution < -0.4 is 10.3 Å². The Morgan fingerprint density at radius 1 is 0.667 bits per heavy atom. The standard InChI is InChI=1S/C18H16.C11H8N2.H4N2O2S/c1-3-7-15-13(5-1)9-11-18-16-8-4-2-6-14(16)10-12-17(15)18;1-2-4-10-8(3-1)9-5-6-12-7-11(9)13-10;1-5(2,3)4/h1,3,5,7,9-12H,2,4,6,8H2;1-7,13H;(H4,1,2,3,4). The van der Waals surface area contributed by atoms with Crippen LogP contribution in [-0.2, 0) is 23.1 Å². The van der Waals surface area contributed by atoms with Gasteiger partial charge in [-0.05, 0) is 70.5 Å². The van der Waals surface area contributed by atoms with Crippen LogP contribution in [0.15, 0.2) is 91.3 Å². The van der Waals surface area contributed by atoms with E-state index in [0.717, 1.165) is 5.52 Å². The lowest BCUT2D eigenvalue weighted by Gasteiger charge is -2.18. The van der Waals surface area contributed by atoms with E-state index in [1.54, 1.807) is 11.1 Å². The normalized spacial score (nSPS) is 13.1. The van der Waals surface area contributed by atoms with E-state index >= 15 is 0 Å². The molecule has 6 aromatic rings. The molecular weight excluding hydrogens is 468 g/mol. The Labute approximate surface area is 210 Å². The van der Waals surface area contributed by atoms with Gasteiger partial charge in [-0.25, -0.2) is 10.3 Å². The maximum Gasteiger partial charge on any atom is 0.271 e. The molecule has 0 amide bonds. The highest BCUT2D eigenvalue weighted by molar-refractivity contribution is 7.86. The second-order valence-electron chi connectivity index (χ2n) is 8.97. The van der Waals surface area contributed by atoms with Gasteiger partial charge in [0.1, 0.15) is 0 Å². The first-order chi connectivity index (χ1) is 17.4. The molecule has 6 nitrogen and oxygen atoms in total. The zero-order valence-electron chi connectivity index (χ0n) is 19.8. The van der Waals surface area contributed by atoms with Gasteiger partial charge in [-0.1, -0.05) is 66.7 Å². The number of benzene rings is 4. The van der Waals surface area contributed by atoms with Crippen molar-refractivity contribution in [2.24, 2.45) is 10.3 Å². The van der Waals surface area contributed by atoms with E-state index < -0.39 is 10.2 Å². The van der Waals surface area contributed by atoms with Crippen molar-refractivity contribution < 1.29 is 8.42 Å². The predicted octanol–water partition coefficient (Wildman–Crippen LogP) is 5.74. The predicted molar refractivity (Wildman–Crippen MR) is 149 cm³/mol. The van der Waals surface area contributed by atoms with Crippen molar-refractivity contribution >= 4 is 53.6 Å². The third-order valence-corrected chi connectivity index (χ3v) is 6.57. The van der Waals surface area contributed by atoms with E-state index in [1.165, 1.54) is 63.5 Å². The number of aromatic nitrogens is 2. The molecule has 0 unspecified atom stereocenters. The lowest BCUT2D eigenvalue weighted by molar-refractivity contribution is 0.599. The summed E-state index contributed by atoms with van der Waals surface area (Å²) in [5, 5.41) is 16.4. The van der Waals surface area contributed by atoms with E-state index in [-0.39, 0.29) is 0 Å². The molecule has 4 aromatic carbocycles. The molecule has 1 aliphatic carbocycles. The van der Waals surface area contributed by atoms with Crippen molar-refractivity contribution in [1.29, 1.82) is 0 Å². The summed E-state index contributed by atoms with van der Waals surface area (Å²) in [6.07, 6.45) is 8.89. The summed E-state index contributed by atoms with van der Waals surface area (Å²) >= 11 is 0. The van der Waals surface area contributed by atoms with Crippen LogP contribution in [0, 0.1) is 0 Å². The molecule has 7 rings (SSSR count). The minimum atomic E-state index is -3.67. The quantitative estimate of drug-likeness (QED) is 0.233. The molecule has 2 heterocycles. The van der Waals surface area contributed by atoms with Crippen LogP contribution in [0.3, 0.4) is 0 Å².